The van der Waals surface area contributed by atoms with Crippen molar-refractivity contribution in [1.29, 1.82) is 0 Å². The fourth-order valence-electron chi connectivity index (χ4n) is 2.37. The highest BCUT2D eigenvalue weighted by Gasteiger charge is 2.15. The fourth-order valence-corrected chi connectivity index (χ4v) is 2.37. The summed E-state index contributed by atoms with van der Waals surface area (Å²) in [5.74, 6) is 0.951. The summed E-state index contributed by atoms with van der Waals surface area (Å²) in [5, 5.41) is 3.19. The van der Waals surface area contributed by atoms with E-state index in [1.54, 1.807) is 7.05 Å². The lowest BCUT2D eigenvalue weighted by Gasteiger charge is -2.17. The van der Waals surface area contributed by atoms with E-state index in [0.717, 1.165) is 11.0 Å². The van der Waals surface area contributed by atoms with Gasteiger partial charge in [-0.2, -0.15) is 4.98 Å². The van der Waals surface area contributed by atoms with Gasteiger partial charge in [0.05, 0.1) is 0 Å². The third kappa shape index (κ3) is 2.85. The van der Waals surface area contributed by atoms with Gasteiger partial charge in [0, 0.05) is 26.7 Å². The lowest BCUT2D eigenvalue weighted by molar-refractivity contribution is 0.520. The normalized spacial score (nSPS) is 13.0. The Kier molecular flexibility index (Phi) is 4.17. The van der Waals surface area contributed by atoms with E-state index in [9.17, 15) is 9.59 Å². The Morgan fingerprint density at radius 1 is 1.29 bits per heavy atom. The van der Waals surface area contributed by atoms with Gasteiger partial charge in [-0.15, -0.1) is 0 Å². The number of H-pyrrole nitrogens is 1. The summed E-state index contributed by atoms with van der Waals surface area (Å²) in [6.45, 7) is 4.69. The molecule has 0 saturated heterocycles. The molecular formula is C13H22N6O2. The van der Waals surface area contributed by atoms with Crippen LogP contribution in [0, 0.1) is 5.92 Å². The van der Waals surface area contributed by atoms with Crippen molar-refractivity contribution in [2.75, 3.05) is 11.9 Å². The number of aromatic nitrogens is 4. The third-order valence-corrected chi connectivity index (χ3v) is 3.48. The quantitative estimate of drug-likeness (QED) is 0.704. The molecule has 0 aliphatic heterocycles. The molecule has 0 amide bonds. The van der Waals surface area contributed by atoms with Crippen molar-refractivity contribution < 1.29 is 0 Å². The maximum atomic E-state index is 12.1. The second kappa shape index (κ2) is 5.72. The standard InChI is InChI=1S/C13H22N6O2/c1-7(2)5-8(6-14)15-12-16-9-10(17-12)18(3)13(21)19(4)11(9)20/h7-8H,5-6,14H2,1-4H3,(H2,15,16,17). The molecule has 0 spiro atoms. The third-order valence-electron chi connectivity index (χ3n) is 3.48. The summed E-state index contributed by atoms with van der Waals surface area (Å²) in [4.78, 5) is 31.2. The molecule has 8 nitrogen and oxygen atoms in total. The van der Waals surface area contributed by atoms with E-state index in [1.807, 2.05) is 0 Å². The molecule has 116 valence electrons. The molecule has 1 unspecified atom stereocenters. The first-order valence-electron chi connectivity index (χ1n) is 6.97. The molecular weight excluding hydrogens is 272 g/mol. The molecule has 2 aromatic heterocycles. The monoisotopic (exact) mass is 294 g/mol. The topological polar surface area (TPSA) is 111 Å². The number of aromatic amines is 1. The molecule has 0 fully saturated rings. The van der Waals surface area contributed by atoms with Crippen LogP contribution in [-0.2, 0) is 14.1 Å². The Hall–Kier alpha value is -2.09. The lowest BCUT2D eigenvalue weighted by Crippen LogP contribution is -2.36. The molecule has 0 aliphatic carbocycles. The zero-order valence-electron chi connectivity index (χ0n) is 12.8. The van der Waals surface area contributed by atoms with Gasteiger partial charge in [0.2, 0.25) is 5.95 Å². The smallest absolute Gasteiger partial charge is 0.332 e. The Morgan fingerprint density at radius 2 is 1.95 bits per heavy atom. The molecule has 1 atom stereocenters. The van der Waals surface area contributed by atoms with Gasteiger partial charge in [-0.1, -0.05) is 13.8 Å². The number of anilines is 1. The van der Waals surface area contributed by atoms with Crippen LogP contribution in [-0.4, -0.2) is 31.7 Å². The predicted octanol–water partition coefficient (Wildman–Crippen LogP) is -0.254. The van der Waals surface area contributed by atoms with E-state index < -0.39 is 5.69 Å². The van der Waals surface area contributed by atoms with E-state index in [2.05, 4.69) is 29.1 Å². The first-order valence-corrected chi connectivity index (χ1v) is 6.97. The molecule has 0 saturated carbocycles. The molecule has 21 heavy (non-hydrogen) atoms. The minimum Gasteiger partial charge on any atom is -0.352 e. The van der Waals surface area contributed by atoms with Crippen LogP contribution >= 0.6 is 0 Å². The second-order valence-corrected chi connectivity index (χ2v) is 5.70. The number of rotatable bonds is 5. The van der Waals surface area contributed by atoms with Crippen LogP contribution in [0.15, 0.2) is 9.59 Å². The van der Waals surface area contributed by atoms with E-state index in [-0.39, 0.29) is 11.6 Å². The zero-order valence-corrected chi connectivity index (χ0v) is 12.8. The van der Waals surface area contributed by atoms with E-state index in [0.29, 0.717) is 29.6 Å². The van der Waals surface area contributed by atoms with Crippen molar-refractivity contribution >= 4 is 17.1 Å². The molecule has 8 heteroatoms. The number of nitrogens with two attached hydrogens (primary N) is 1. The van der Waals surface area contributed by atoms with E-state index >= 15 is 0 Å². The highest BCUT2D eigenvalue weighted by Crippen LogP contribution is 2.12. The van der Waals surface area contributed by atoms with Crippen LogP contribution in [0.4, 0.5) is 5.95 Å². The van der Waals surface area contributed by atoms with Crippen LogP contribution in [0.25, 0.3) is 11.2 Å². The second-order valence-electron chi connectivity index (χ2n) is 5.70. The molecule has 2 heterocycles. The summed E-state index contributed by atoms with van der Waals surface area (Å²) >= 11 is 0. The number of nitrogens with one attached hydrogen (secondary N) is 2. The molecule has 0 bridgehead atoms. The summed E-state index contributed by atoms with van der Waals surface area (Å²) < 4.78 is 2.40. The average Bonchev–Trinajstić information content (AvgIpc) is 2.85. The Labute approximate surface area is 122 Å². The zero-order chi connectivity index (χ0) is 15.7. The Balaban J connectivity index is 2.44. The summed E-state index contributed by atoms with van der Waals surface area (Å²) in [5.41, 5.74) is 5.61. The van der Waals surface area contributed by atoms with Gasteiger partial charge < -0.3 is 16.0 Å². The molecule has 2 rings (SSSR count). The fraction of sp³-hybridized carbons (Fsp3) is 0.615. The number of nitrogens with zero attached hydrogens (tertiary/aromatic N) is 3. The molecule has 0 aromatic carbocycles. The van der Waals surface area contributed by atoms with Crippen LogP contribution in [0.3, 0.4) is 0 Å². The Morgan fingerprint density at radius 3 is 2.52 bits per heavy atom. The maximum absolute atomic E-state index is 12.1. The highest BCUT2D eigenvalue weighted by atomic mass is 16.2. The average molecular weight is 294 g/mol. The van der Waals surface area contributed by atoms with E-state index in [4.69, 9.17) is 5.73 Å². The number of hydrogen-bond acceptors (Lipinski definition) is 5. The SMILES string of the molecule is CC(C)CC(CN)Nc1nc2c([nH]1)c(=O)n(C)c(=O)n2C. The molecule has 2 aromatic rings. The number of imidazole rings is 1. The first-order chi connectivity index (χ1) is 9.85. The van der Waals surface area contributed by atoms with Crippen LogP contribution in [0.2, 0.25) is 0 Å². The molecule has 0 aliphatic rings. The van der Waals surface area contributed by atoms with Gasteiger partial charge in [-0.25, -0.2) is 4.79 Å². The van der Waals surface area contributed by atoms with Gasteiger partial charge in [0.1, 0.15) is 0 Å². The van der Waals surface area contributed by atoms with Crippen LogP contribution < -0.4 is 22.3 Å². The van der Waals surface area contributed by atoms with Crippen LogP contribution in [0.1, 0.15) is 20.3 Å². The van der Waals surface area contributed by atoms with Gasteiger partial charge in [0.15, 0.2) is 11.2 Å². The van der Waals surface area contributed by atoms with E-state index in [1.165, 1.54) is 11.6 Å². The van der Waals surface area contributed by atoms with Crippen molar-refractivity contribution in [3.8, 4) is 0 Å². The summed E-state index contributed by atoms with van der Waals surface area (Å²) in [7, 11) is 3.03. The summed E-state index contributed by atoms with van der Waals surface area (Å²) in [6.07, 6.45) is 0.893. The minimum absolute atomic E-state index is 0.0615. The van der Waals surface area contributed by atoms with Crippen molar-refractivity contribution in [3.05, 3.63) is 20.8 Å². The van der Waals surface area contributed by atoms with Crippen molar-refractivity contribution in [3.63, 3.8) is 0 Å². The van der Waals surface area contributed by atoms with Gasteiger partial charge in [0.25, 0.3) is 5.56 Å². The molecule has 4 N–H and O–H groups in total. The molecule has 0 radical (unpaired) electrons. The van der Waals surface area contributed by atoms with Crippen molar-refractivity contribution in [2.45, 2.75) is 26.3 Å². The number of aryl methyl sites for hydroxylation is 1. The Bertz CT molecular complexity index is 754. The van der Waals surface area contributed by atoms with Crippen molar-refractivity contribution in [2.24, 2.45) is 25.7 Å². The van der Waals surface area contributed by atoms with Crippen LogP contribution in [0.5, 0.6) is 0 Å². The van der Waals surface area contributed by atoms with Gasteiger partial charge in [-0.3, -0.25) is 13.9 Å². The number of hydrogen-bond donors (Lipinski definition) is 3. The summed E-state index contributed by atoms with van der Waals surface area (Å²) in [6, 6.07) is 0.0615. The lowest BCUT2D eigenvalue weighted by atomic mass is 10.0. The first kappa shape index (κ1) is 15.3. The highest BCUT2D eigenvalue weighted by molar-refractivity contribution is 5.72. The van der Waals surface area contributed by atoms with Gasteiger partial charge in [-0.05, 0) is 12.3 Å². The minimum atomic E-state index is -0.400. The predicted molar refractivity (Wildman–Crippen MR) is 82.5 cm³/mol. The van der Waals surface area contributed by atoms with Crippen molar-refractivity contribution in [1.82, 2.24) is 19.1 Å². The maximum Gasteiger partial charge on any atom is 0.332 e. The van der Waals surface area contributed by atoms with Gasteiger partial charge >= 0.3 is 5.69 Å². The largest absolute Gasteiger partial charge is 0.352 e. The number of fused-ring (bicyclic) bond motifs is 1.